The molecule has 42 heavy (non-hydrogen) atoms. The Hall–Kier alpha value is -3.50. The molecule has 3 heterocycles. The van der Waals surface area contributed by atoms with Crippen molar-refractivity contribution in [2.24, 2.45) is 11.8 Å². The number of quaternary nitrogens is 1. The topological polar surface area (TPSA) is 97.2 Å². The smallest absolute Gasteiger partial charge is 0.313 e. The van der Waals surface area contributed by atoms with Crippen LogP contribution in [0.3, 0.4) is 0 Å². The number of rotatable bonds is 10. The quantitative estimate of drug-likeness (QED) is 0.159. The molecule has 3 aromatic heterocycles. The van der Waals surface area contributed by atoms with Crippen LogP contribution < -0.4 is 5.32 Å². The summed E-state index contributed by atoms with van der Waals surface area (Å²) >= 11 is 0. The Kier molecular flexibility index (Phi) is 9.57. The van der Waals surface area contributed by atoms with E-state index in [1.165, 1.54) is 18.3 Å². The summed E-state index contributed by atoms with van der Waals surface area (Å²) in [5.74, 6) is 0.416. The van der Waals surface area contributed by atoms with Crippen LogP contribution in [0.4, 0.5) is 20.4 Å². The minimum atomic E-state index is -2.59. The third-order valence-corrected chi connectivity index (χ3v) is 8.63. The molecule has 0 amide bonds. The van der Waals surface area contributed by atoms with Crippen LogP contribution in [-0.2, 0) is 15.1 Å². The maximum Gasteiger partial charge on any atom is 0.313 e. The van der Waals surface area contributed by atoms with Gasteiger partial charge in [0.25, 0.3) is 6.43 Å². The standard InChI is InChI=1S/C32H42F2N5O3/c1-20(2)39(5,6)19-42-31(40)22-7-10-25(11-8-22)32(4,41)27-12-9-24(18-36-27)26-15-21(3)16-29(37-26)38-28-17-23(30(33)34)13-14-35-28/h9,12-18,20,22,25,30,41H,7-8,10-11,19H2,1-6H3,(H,35,37,38)/q+1/t22-,25-,32-/m1/s1. The Morgan fingerprint density at radius 2 is 1.81 bits per heavy atom. The molecule has 0 radical (unpaired) electrons. The van der Waals surface area contributed by atoms with Gasteiger partial charge in [0.2, 0.25) is 6.73 Å². The normalized spacial score (nSPS) is 19.0. The summed E-state index contributed by atoms with van der Waals surface area (Å²) < 4.78 is 32.4. The number of halogens is 2. The lowest BCUT2D eigenvalue weighted by Crippen LogP contribution is -2.48. The molecule has 10 heteroatoms. The molecule has 0 aromatic carbocycles. The SMILES string of the molecule is Cc1cc(Nc2cc(C(F)F)ccn2)nc(-c2ccc([C@](C)(O)[C@H]3CC[C@H](C(=O)OC[N+](C)(C)C(C)C)CC3)nc2)c1. The van der Waals surface area contributed by atoms with Crippen molar-refractivity contribution < 1.29 is 27.9 Å². The zero-order valence-electron chi connectivity index (χ0n) is 25.3. The predicted molar refractivity (Wildman–Crippen MR) is 158 cm³/mol. The third-order valence-electron chi connectivity index (χ3n) is 8.63. The highest BCUT2D eigenvalue weighted by molar-refractivity contribution is 5.72. The van der Waals surface area contributed by atoms with E-state index >= 15 is 0 Å². The largest absolute Gasteiger partial charge is 0.415 e. The summed E-state index contributed by atoms with van der Waals surface area (Å²) in [5, 5.41) is 14.5. The van der Waals surface area contributed by atoms with Gasteiger partial charge in [-0.15, -0.1) is 0 Å². The first-order valence-electron chi connectivity index (χ1n) is 14.4. The van der Waals surface area contributed by atoms with E-state index in [1.807, 2.05) is 45.3 Å². The van der Waals surface area contributed by atoms with Gasteiger partial charge < -0.3 is 15.2 Å². The number of pyridine rings is 3. The number of aromatic nitrogens is 3. The third kappa shape index (κ3) is 7.46. The molecule has 0 unspecified atom stereocenters. The number of nitrogens with zero attached hydrogens (tertiary/aromatic N) is 4. The van der Waals surface area contributed by atoms with Crippen LogP contribution in [-0.4, -0.2) is 57.4 Å². The van der Waals surface area contributed by atoms with Crippen LogP contribution in [0.25, 0.3) is 11.3 Å². The van der Waals surface area contributed by atoms with E-state index in [9.17, 15) is 18.7 Å². The number of nitrogens with one attached hydrogen (secondary N) is 1. The first kappa shape index (κ1) is 31.4. The Labute approximate surface area is 246 Å². The van der Waals surface area contributed by atoms with Crippen LogP contribution in [0, 0.1) is 18.8 Å². The fourth-order valence-electron chi connectivity index (χ4n) is 5.10. The van der Waals surface area contributed by atoms with Crippen molar-refractivity contribution in [2.75, 3.05) is 26.1 Å². The highest BCUT2D eigenvalue weighted by atomic mass is 19.3. The molecular formula is C32H42F2N5O3+. The molecular weight excluding hydrogens is 540 g/mol. The Bertz CT molecular complexity index is 1370. The molecule has 0 saturated heterocycles. The van der Waals surface area contributed by atoms with E-state index in [0.717, 1.165) is 11.1 Å². The van der Waals surface area contributed by atoms with Crippen molar-refractivity contribution in [1.82, 2.24) is 15.0 Å². The van der Waals surface area contributed by atoms with Crippen LogP contribution >= 0.6 is 0 Å². The van der Waals surface area contributed by atoms with Crippen LogP contribution in [0.1, 0.15) is 69.7 Å². The van der Waals surface area contributed by atoms with Gasteiger partial charge in [0.15, 0.2) is 0 Å². The Balaban J connectivity index is 1.40. The molecule has 1 aliphatic rings. The van der Waals surface area contributed by atoms with E-state index in [-0.39, 0.29) is 29.2 Å². The molecule has 0 bridgehead atoms. The summed E-state index contributed by atoms with van der Waals surface area (Å²) in [4.78, 5) is 26.1. The van der Waals surface area contributed by atoms with Crippen molar-refractivity contribution in [3.05, 3.63) is 65.6 Å². The van der Waals surface area contributed by atoms with Crippen LogP contribution in [0.15, 0.2) is 48.8 Å². The van der Waals surface area contributed by atoms with Crippen molar-refractivity contribution in [3.8, 4) is 11.3 Å². The zero-order chi connectivity index (χ0) is 30.7. The fourth-order valence-corrected chi connectivity index (χ4v) is 5.10. The number of anilines is 2. The van der Waals surface area contributed by atoms with Gasteiger partial charge >= 0.3 is 5.97 Å². The molecule has 4 rings (SSSR count). The Morgan fingerprint density at radius 3 is 2.43 bits per heavy atom. The fraction of sp³-hybridized carbons (Fsp3) is 0.500. The van der Waals surface area contributed by atoms with Gasteiger partial charge in [-0.3, -0.25) is 14.3 Å². The minimum absolute atomic E-state index is 0.0350. The summed E-state index contributed by atoms with van der Waals surface area (Å²) in [6.07, 6.45) is 3.18. The number of carbonyl (C=O) groups excluding carboxylic acids is 1. The second-order valence-electron chi connectivity index (χ2n) is 12.4. The number of aryl methyl sites for hydroxylation is 1. The van der Waals surface area contributed by atoms with Crippen molar-refractivity contribution >= 4 is 17.6 Å². The maximum atomic E-state index is 13.1. The van der Waals surface area contributed by atoms with Gasteiger partial charge in [-0.05, 0) is 101 Å². The zero-order valence-corrected chi connectivity index (χ0v) is 25.3. The van der Waals surface area contributed by atoms with Crippen molar-refractivity contribution in [3.63, 3.8) is 0 Å². The molecule has 226 valence electrons. The molecule has 1 aliphatic carbocycles. The van der Waals surface area contributed by atoms with Crippen molar-refractivity contribution in [1.29, 1.82) is 0 Å². The van der Waals surface area contributed by atoms with Gasteiger partial charge in [-0.2, -0.15) is 0 Å². The number of esters is 1. The number of carbonyl (C=O) groups is 1. The minimum Gasteiger partial charge on any atom is -0.415 e. The van der Waals surface area contributed by atoms with E-state index in [1.54, 1.807) is 13.1 Å². The highest BCUT2D eigenvalue weighted by Crippen LogP contribution is 2.41. The molecule has 8 nitrogen and oxygen atoms in total. The molecule has 0 spiro atoms. The average molecular weight is 583 g/mol. The van der Waals surface area contributed by atoms with Gasteiger partial charge in [-0.25, -0.2) is 18.7 Å². The second kappa shape index (κ2) is 12.8. The van der Waals surface area contributed by atoms with Gasteiger partial charge in [0.1, 0.15) is 17.2 Å². The lowest BCUT2D eigenvalue weighted by atomic mass is 9.73. The molecule has 2 N–H and O–H groups in total. The number of alkyl halides is 2. The number of hydrogen-bond donors (Lipinski definition) is 2. The van der Waals surface area contributed by atoms with Gasteiger partial charge in [0.05, 0.1) is 37.4 Å². The first-order valence-corrected chi connectivity index (χ1v) is 14.4. The number of ether oxygens (including phenoxy) is 1. The van der Waals surface area contributed by atoms with Crippen LogP contribution in [0.5, 0.6) is 0 Å². The van der Waals surface area contributed by atoms with E-state index in [2.05, 4.69) is 34.1 Å². The summed E-state index contributed by atoms with van der Waals surface area (Å²) in [6, 6.07) is 10.3. The summed E-state index contributed by atoms with van der Waals surface area (Å²) in [5.41, 5.74) is 1.62. The summed E-state index contributed by atoms with van der Waals surface area (Å²) in [6.45, 7) is 8.26. The first-order chi connectivity index (χ1) is 19.8. The van der Waals surface area contributed by atoms with Crippen molar-refractivity contribution in [2.45, 2.75) is 71.4 Å². The summed E-state index contributed by atoms with van der Waals surface area (Å²) in [7, 11) is 4.09. The van der Waals surface area contributed by atoms with E-state index in [0.29, 0.717) is 60.1 Å². The monoisotopic (exact) mass is 582 g/mol. The molecule has 1 fully saturated rings. The molecule has 1 saturated carbocycles. The maximum absolute atomic E-state index is 13.1. The predicted octanol–water partition coefficient (Wildman–Crippen LogP) is 6.53. The molecule has 1 atom stereocenters. The second-order valence-corrected chi connectivity index (χ2v) is 12.4. The molecule has 0 aliphatic heterocycles. The van der Waals surface area contributed by atoms with Gasteiger partial charge in [0, 0.05) is 23.5 Å². The highest BCUT2D eigenvalue weighted by Gasteiger charge is 2.39. The average Bonchev–Trinajstić information content (AvgIpc) is 2.96. The van der Waals surface area contributed by atoms with E-state index in [4.69, 9.17) is 4.74 Å². The molecule has 3 aromatic rings. The lowest BCUT2D eigenvalue weighted by Gasteiger charge is -2.37. The van der Waals surface area contributed by atoms with Crippen LogP contribution in [0.2, 0.25) is 0 Å². The lowest BCUT2D eigenvalue weighted by molar-refractivity contribution is -0.927. The van der Waals surface area contributed by atoms with Gasteiger partial charge in [-0.1, -0.05) is 0 Å². The number of aliphatic hydroxyl groups is 1. The Morgan fingerprint density at radius 1 is 1.10 bits per heavy atom. The number of hydrogen-bond acceptors (Lipinski definition) is 7. The van der Waals surface area contributed by atoms with E-state index < -0.39 is 12.0 Å².